The zero-order chi connectivity index (χ0) is 26.5. The number of hydrogen-bond donors (Lipinski definition) is 1. The molecule has 194 valence electrons. The van der Waals surface area contributed by atoms with Crippen LogP contribution in [0.15, 0.2) is 84.0 Å². The number of nitrogens with one attached hydrogen (secondary N) is 1. The van der Waals surface area contributed by atoms with E-state index in [1.165, 1.54) is 5.56 Å². The first-order valence-electron chi connectivity index (χ1n) is 13.1. The molecule has 2 heterocycles. The molecule has 5 rings (SSSR count). The molecule has 0 spiro atoms. The lowest BCUT2D eigenvalue weighted by Crippen LogP contribution is -2.48. The smallest absolute Gasteiger partial charge is 0.205 e. The van der Waals surface area contributed by atoms with Crippen molar-refractivity contribution in [3.63, 3.8) is 0 Å². The highest BCUT2D eigenvalue weighted by Crippen LogP contribution is 2.31. The Kier molecular flexibility index (Phi) is 7.31. The van der Waals surface area contributed by atoms with Crippen LogP contribution in [0.4, 0.5) is 0 Å². The number of Topliss-reactive ketones (excluding diaryl/α,β-unsaturated/α-hetero) is 1. The number of aromatic nitrogens is 4. The van der Waals surface area contributed by atoms with E-state index >= 15 is 0 Å². The van der Waals surface area contributed by atoms with Gasteiger partial charge in [0.2, 0.25) is 5.82 Å². The molecule has 8 heteroatoms. The highest BCUT2D eigenvalue weighted by molar-refractivity contribution is 6.03. The molecule has 0 aliphatic carbocycles. The summed E-state index contributed by atoms with van der Waals surface area (Å²) in [6.45, 7) is 7.41. The van der Waals surface area contributed by atoms with Crippen LogP contribution in [0.2, 0.25) is 0 Å². The standard InChI is InChI=1S/C30H33N7O/c1-4-5-15-27-33-37(30(2,3)28(38)24-11-7-6-8-12-24)21-36(27)20-22-16-18-23(19-17-22)25-13-9-10-14-26(25)29-31-34-35-32-29/h6-14,16-19H,4-5,15,20-21H2,1-3H3,(H,31,32,34,35). The summed E-state index contributed by atoms with van der Waals surface area (Å²) in [5.41, 5.74) is 4.22. The summed E-state index contributed by atoms with van der Waals surface area (Å²) in [5.74, 6) is 1.68. The highest BCUT2D eigenvalue weighted by atomic mass is 16.1. The van der Waals surface area contributed by atoms with Gasteiger partial charge in [0.05, 0.1) is 0 Å². The Balaban J connectivity index is 1.34. The van der Waals surface area contributed by atoms with Crippen LogP contribution in [0, 0.1) is 0 Å². The summed E-state index contributed by atoms with van der Waals surface area (Å²) in [5, 5.41) is 21.5. The number of benzene rings is 3. The maximum atomic E-state index is 13.4. The van der Waals surface area contributed by atoms with E-state index in [9.17, 15) is 4.79 Å². The van der Waals surface area contributed by atoms with Crippen molar-refractivity contribution in [1.29, 1.82) is 0 Å². The van der Waals surface area contributed by atoms with E-state index < -0.39 is 5.54 Å². The molecule has 0 amide bonds. The number of unbranched alkanes of at least 4 members (excludes halogenated alkanes) is 1. The largest absolute Gasteiger partial charge is 0.335 e. The molecule has 0 saturated heterocycles. The van der Waals surface area contributed by atoms with Crippen molar-refractivity contribution in [2.75, 3.05) is 6.67 Å². The lowest BCUT2D eigenvalue weighted by atomic mass is 9.93. The van der Waals surface area contributed by atoms with Crippen LogP contribution in [0.25, 0.3) is 22.5 Å². The van der Waals surface area contributed by atoms with Crippen molar-refractivity contribution in [3.05, 3.63) is 90.0 Å². The summed E-state index contributed by atoms with van der Waals surface area (Å²) in [6, 6.07) is 26.1. The number of ketones is 1. The molecule has 3 aromatic carbocycles. The molecule has 1 N–H and O–H groups in total. The second-order valence-electron chi connectivity index (χ2n) is 10.1. The number of tetrazole rings is 1. The molecule has 0 fully saturated rings. The van der Waals surface area contributed by atoms with Gasteiger partial charge in [-0.1, -0.05) is 92.2 Å². The van der Waals surface area contributed by atoms with Crippen LogP contribution < -0.4 is 0 Å². The molecule has 8 nitrogen and oxygen atoms in total. The van der Waals surface area contributed by atoms with Gasteiger partial charge in [-0.2, -0.15) is 10.3 Å². The first-order chi connectivity index (χ1) is 18.5. The molecule has 4 aromatic rings. The Hall–Kier alpha value is -4.33. The zero-order valence-electron chi connectivity index (χ0n) is 22.1. The fourth-order valence-electron chi connectivity index (χ4n) is 4.74. The molecule has 0 saturated carbocycles. The van der Waals surface area contributed by atoms with Crippen LogP contribution in [-0.2, 0) is 6.54 Å². The summed E-state index contributed by atoms with van der Waals surface area (Å²) < 4.78 is 0. The quantitative estimate of drug-likeness (QED) is 0.274. The average Bonchev–Trinajstić information content (AvgIpc) is 3.63. The van der Waals surface area contributed by atoms with Crippen LogP contribution >= 0.6 is 0 Å². The van der Waals surface area contributed by atoms with E-state index in [2.05, 4.69) is 62.8 Å². The normalized spacial score (nSPS) is 13.6. The van der Waals surface area contributed by atoms with Crippen molar-refractivity contribution >= 4 is 11.6 Å². The summed E-state index contributed by atoms with van der Waals surface area (Å²) in [7, 11) is 0. The van der Waals surface area contributed by atoms with Gasteiger partial charge in [0, 0.05) is 24.1 Å². The number of hydrazone groups is 1. The van der Waals surface area contributed by atoms with E-state index in [0.29, 0.717) is 18.1 Å². The zero-order valence-corrected chi connectivity index (χ0v) is 22.1. The lowest BCUT2D eigenvalue weighted by Gasteiger charge is -2.33. The molecule has 1 aliphatic rings. The van der Waals surface area contributed by atoms with Gasteiger partial charge in [-0.3, -0.25) is 9.80 Å². The van der Waals surface area contributed by atoms with Gasteiger partial charge in [-0.05, 0) is 42.2 Å². The van der Waals surface area contributed by atoms with Gasteiger partial charge >= 0.3 is 0 Å². The molecule has 0 unspecified atom stereocenters. The van der Waals surface area contributed by atoms with Gasteiger partial charge in [0.15, 0.2) is 5.78 Å². The minimum atomic E-state index is -0.754. The highest BCUT2D eigenvalue weighted by Gasteiger charge is 2.39. The van der Waals surface area contributed by atoms with Gasteiger partial charge in [0.1, 0.15) is 18.0 Å². The van der Waals surface area contributed by atoms with Crippen LogP contribution in [0.3, 0.4) is 0 Å². The number of hydrogen-bond acceptors (Lipinski definition) is 7. The monoisotopic (exact) mass is 507 g/mol. The van der Waals surface area contributed by atoms with Gasteiger partial charge in [-0.25, -0.2) is 0 Å². The maximum Gasteiger partial charge on any atom is 0.205 e. The van der Waals surface area contributed by atoms with E-state index in [1.54, 1.807) is 0 Å². The molecule has 1 aromatic heterocycles. The topological polar surface area (TPSA) is 90.4 Å². The minimum absolute atomic E-state index is 0.0724. The van der Waals surface area contributed by atoms with Crippen LogP contribution in [0.1, 0.15) is 56.0 Å². The Morgan fingerprint density at radius 3 is 2.34 bits per heavy atom. The third kappa shape index (κ3) is 5.20. The maximum absolute atomic E-state index is 13.4. The van der Waals surface area contributed by atoms with Crippen molar-refractivity contribution in [2.24, 2.45) is 5.10 Å². The molecule has 0 bridgehead atoms. The van der Waals surface area contributed by atoms with Gasteiger partial charge in [-0.15, -0.1) is 10.2 Å². The number of amidine groups is 1. The summed E-state index contributed by atoms with van der Waals surface area (Å²) in [6.07, 6.45) is 3.04. The predicted molar refractivity (Wildman–Crippen MR) is 149 cm³/mol. The van der Waals surface area contributed by atoms with Crippen LogP contribution in [0.5, 0.6) is 0 Å². The first-order valence-corrected chi connectivity index (χ1v) is 13.1. The Bertz CT molecular complexity index is 1400. The molecule has 1 aliphatic heterocycles. The van der Waals surface area contributed by atoms with E-state index in [0.717, 1.165) is 48.3 Å². The van der Waals surface area contributed by atoms with Gasteiger partial charge < -0.3 is 4.90 Å². The second-order valence-corrected chi connectivity index (χ2v) is 10.1. The fraction of sp³-hybridized carbons (Fsp3) is 0.300. The number of nitrogens with zero attached hydrogens (tertiary/aromatic N) is 6. The number of carbonyl (C=O) groups excluding carboxylic acids is 1. The fourth-order valence-corrected chi connectivity index (χ4v) is 4.74. The van der Waals surface area contributed by atoms with Crippen molar-refractivity contribution in [3.8, 4) is 22.5 Å². The first kappa shape index (κ1) is 25.3. The van der Waals surface area contributed by atoms with Gasteiger partial charge in [0.25, 0.3) is 0 Å². The molecular formula is C30H33N7O. The summed E-state index contributed by atoms with van der Waals surface area (Å²) >= 11 is 0. The Morgan fingerprint density at radius 1 is 0.947 bits per heavy atom. The lowest BCUT2D eigenvalue weighted by molar-refractivity contribution is 0.0600. The molecule has 0 atom stereocenters. The van der Waals surface area contributed by atoms with Crippen LogP contribution in [-0.4, -0.2) is 54.4 Å². The summed E-state index contributed by atoms with van der Waals surface area (Å²) in [4.78, 5) is 15.7. The average molecular weight is 508 g/mol. The number of aromatic amines is 1. The Morgan fingerprint density at radius 2 is 1.66 bits per heavy atom. The third-order valence-electron chi connectivity index (χ3n) is 7.05. The molecule has 38 heavy (non-hydrogen) atoms. The number of H-pyrrole nitrogens is 1. The number of rotatable bonds is 10. The van der Waals surface area contributed by atoms with Crippen molar-refractivity contribution in [2.45, 2.75) is 52.1 Å². The molecular weight excluding hydrogens is 474 g/mol. The third-order valence-corrected chi connectivity index (χ3v) is 7.05. The second kappa shape index (κ2) is 11.0. The predicted octanol–water partition coefficient (Wildman–Crippen LogP) is 5.77. The minimum Gasteiger partial charge on any atom is -0.335 e. The van der Waals surface area contributed by atoms with Crippen molar-refractivity contribution in [1.82, 2.24) is 30.5 Å². The van der Waals surface area contributed by atoms with E-state index in [4.69, 9.17) is 5.10 Å². The SMILES string of the molecule is CCCCC1=NN(C(C)(C)C(=O)c2ccccc2)CN1Cc1ccc(-c2ccccc2-c2nn[nH]n2)cc1. The van der Waals surface area contributed by atoms with E-state index in [-0.39, 0.29) is 5.78 Å². The van der Waals surface area contributed by atoms with E-state index in [1.807, 2.05) is 67.4 Å². The van der Waals surface area contributed by atoms with Crippen molar-refractivity contribution < 1.29 is 4.79 Å². The number of carbonyl (C=O) groups is 1. The molecule has 0 radical (unpaired) electrons. The Labute approximate surface area is 223 Å².